The van der Waals surface area contributed by atoms with E-state index in [4.69, 9.17) is 4.74 Å². The molecule has 0 bridgehead atoms. The van der Waals surface area contributed by atoms with Gasteiger partial charge >= 0.3 is 6.09 Å². The molecule has 2 atom stereocenters. The molecule has 5 rings (SSSR count). The number of nitrogens with one attached hydrogen (secondary N) is 1. The van der Waals surface area contributed by atoms with Gasteiger partial charge in [0.15, 0.2) is 0 Å². The fourth-order valence-corrected chi connectivity index (χ4v) is 4.92. The average Bonchev–Trinajstić information content (AvgIpc) is 3.13. The number of piperidine rings is 1. The van der Waals surface area contributed by atoms with Crippen LogP contribution in [-0.2, 0) is 4.74 Å². The van der Waals surface area contributed by atoms with Crippen LogP contribution in [0.2, 0.25) is 0 Å². The zero-order valence-electron chi connectivity index (χ0n) is 18.1. The lowest BCUT2D eigenvalue weighted by molar-refractivity contribution is 0.124. The third-order valence-corrected chi connectivity index (χ3v) is 6.41. The number of halogens is 2. The van der Waals surface area contributed by atoms with Gasteiger partial charge < -0.3 is 9.64 Å². The van der Waals surface area contributed by atoms with Crippen LogP contribution in [0.25, 0.3) is 0 Å². The van der Waals surface area contributed by atoms with Crippen molar-refractivity contribution in [3.8, 4) is 0 Å². The minimum Gasteiger partial charge on any atom is -0.448 e. The number of amides is 1. The first kappa shape index (κ1) is 21.4. The quantitative estimate of drug-likeness (QED) is 0.557. The molecule has 2 aliphatic rings. The Bertz CT molecular complexity index is 1120. The summed E-state index contributed by atoms with van der Waals surface area (Å²) in [6.07, 6.45) is 0.390. The minimum atomic E-state index is -0.480. The zero-order valence-corrected chi connectivity index (χ0v) is 18.1. The van der Waals surface area contributed by atoms with E-state index in [2.05, 4.69) is 15.1 Å². The predicted molar refractivity (Wildman–Crippen MR) is 124 cm³/mol. The predicted octanol–water partition coefficient (Wildman–Crippen LogP) is 5.52. The van der Waals surface area contributed by atoms with E-state index in [9.17, 15) is 13.6 Å². The molecule has 0 spiro atoms. The van der Waals surface area contributed by atoms with Crippen LogP contribution in [0, 0.1) is 11.6 Å². The lowest BCUT2D eigenvalue weighted by Gasteiger charge is -2.39. The fraction of sp³-hybridized carbons (Fsp3) is 0.269. The normalized spacial score (nSPS) is 19.6. The number of ether oxygens (including phenoxy) is 1. The second-order valence-electron chi connectivity index (χ2n) is 8.44. The summed E-state index contributed by atoms with van der Waals surface area (Å²) in [4.78, 5) is 16.5. The minimum absolute atomic E-state index is 0.118. The first-order valence-electron chi connectivity index (χ1n) is 11.1. The van der Waals surface area contributed by atoms with Crippen molar-refractivity contribution in [2.24, 2.45) is 0 Å². The van der Waals surface area contributed by atoms with Gasteiger partial charge in [-0.25, -0.2) is 13.6 Å². The second-order valence-corrected chi connectivity index (χ2v) is 8.44. The van der Waals surface area contributed by atoms with E-state index >= 15 is 0 Å². The summed E-state index contributed by atoms with van der Waals surface area (Å²) in [6.45, 7) is 2.45. The first-order valence-corrected chi connectivity index (χ1v) is 11.1. The van der Waals surface area contributed by atoms with Crippen LogP contribution >= 0.6 is 0 Å². The van der Waals surface area contributed by atoms with E-state index in [0.29, 0.717) is 12.2 Å². The standard InChI is InChI=1S/C26H25F2N3O2/c27-18-6-9-21(10-7-18)31-24-11-8-19(28)16-22(24)23-17-30(13-12-25(23)31)14-15-33-26(32)29-20-4-2-1-3-5-20/h1-11,16,23,25H,12-15,17H2,(H,29,32)/t23-,25+/m1/s1. The van der Waals surface area contributed by atoms with E-state index in [1.165, 1.54) is 18.2 Å². The molecule has 1 fully saturated rings. The van der Waals surface area contributed by atoms with E-state index in [1.807, 2.05) is 24.3 Å². The summed E-state index contributed by atoms with van der Waals surface area (Å²) in [6, 6.07) is 20.7. The van der Waals surface area contributed by atoms with Gasteiger partial charge in [-0.05, 0) is 66.6 Å². The number of rotatable bonds is 5. The molecular formula is C26H25F2N3O2. The molecule has 2 heterocycles. The fourth-order valence-electron chi connectivity index (χ4n) is 4.92. The number of nitrogens with zero attached hydrogens (tertiary/aromatic N) is 2. The van der Waals surface area contributed by atoms with Crippen molar-refractivity contribution in [1.82, 2.24) is 4.90 Å². The second kappa shape index (κ2) is 9.19. The highest BCUT2D eigenvalue weighted by atomic mass is 19.1. The Morgan fingerprint density at radius 2 is 1.76 bits per heavy atom. The summed E-state index contributed by atoms with van der Waals surface area (Å²) in [7, 11) is 0. The molecule has 3 aromatic rings. The molecule has 0 unspecified atom stereocenters. The smallest absolute Gasteiger partial charge is 0.411 e. The molecule has 170 valence electrons. The number of fused-ring (bicyclic) bond motifs is 3. The first-order chi connectivity index (χ1) is 16.1. The van der Waals surface area contributed by atoms with E-state index in [1.54, 1.807) is 30.3 Å². The van der Waals surface area contributed by atoms with Crippen LogP contribution < -0.4 is 10.2 Å². The van der Waals surface area contributed by atoms with Gasteiger partial charge in [-0.15, -0.1) is 0 Å². The third kappa shape index (κ3) is 4.54. The number of hydrogen-bond donors (Lipinski definition) is 1. The highest BCUT2D eigenvalue weighted by Crippen LogP contribution is 2.48. The SMILES string of the molecule is O=C(Nc1ccccc1)OCCN1CC[C@H]2[C@H](C1)c1cc(F)ccc1N2c1ccc(F)cc1. The molecule has 1 saturated heterocycles. The Morgan fingerprint density at radius 1 is 1.00 bits per heavy atom. The molecular weight excluding hydrogens is 424 g/mol. The molecule has 5 nitrogen and oxygen atoms in total. The Kier molecular flexibility index (Phi) is 5.96. The number of carbonyl (C=O) groups excluding carboxylic acids is 1. The number of anilines is 3. The van der Waals surface area contributed by atoms with Crippen molar-refractivity contribution in [3.63, 3.8) is 0 Å². The maximum absolute atomic E-state index is 14.1. The van der Waals surface area contributed by atoms with Gasteiger partial charge in [0.1, 0.15) is 18.2 Å². The van der Waals surface area contributed by atoms with Gasteiger partial charge in [0, 0.05) is 48.7 Å². The monoisotopic (exact) mass is 449 g/mol. The van der Waals surface area contributed by atoms with E-state index < -0.39 is 6.09 Å². The summed E-state index contributed by atoms with van der Waals surface area (Å²) < 4.78 is 33.0. The van der Waals surface area contributed by atoms with Gasteiger partial charge in [0.25, 0.3) is 0 Å². The molecule has 7 heteroatoms. The molecule has 1 amide bonds. The van der Waals surface area contributed by atoms with Gasteiger partial charge in [-0.1, -0.05) is 18.2 Å². The lowest BCUT2D eigenvalue weighted by Crippen LogP contribution is -2.46. The highest BCUT2D eigenvalue weighted by Gasteiger charge is 2.42. The van der Waals surface area contributed by atoms with Crippen molar-refractivity contribution < 1.29 is 18.3 Å². The van der Waals surface area contributed by atoms with Crippen molar-refractivity contribution in [1.29, 1.82) is 0 Å². The van der Waals surface area contributed by atoms with Crippen molar-refractivity contribution in [2.45, 2.75) is 18.4 Å². The Labute approximate surface area is 191 Å². The van der Waals surface area contributed by atoms with Crippen LogP contribution in [0.5, 0.6) is 0 Å². The van der Waals surface area contributed by atoms with Crippen LogP contribution in [-0.4, -0.2) is 43.3 Å². The van der Waals surface area contributed by atoms with Crippen molar-refractivity contribution in [3.05, 3.63) is 90.0 Å². The van der Waals surface area contributed by atoms with Crippen LogP contribution in [0.3, 0.4) is 0 Å². The topological polar surface area (TPSA) is 44.8 Å². The largest absolute Gasteiger partial charge is 0.448 e. The molecule has 0 aliphatic carbocycles. The number of hydrogen-bond acceptors (Lipinski definition) is 4. The number of carbonyl (C=O) groups is 1. The van der Waals surface area contributed by atoms with E-state index in [0.717, 1.165) is 36.4 Å². The average molecular weight is 450 g/mol. The van der Waals surface area contributed by atoms with Crippen LogP contribution in [0.1, 0.15) is 17.9 Å². The zero-order chi connectivity index (χ0) is 22.8. The van der Waals surface area contributed by atoms with E-state index in [-0.39, 0.29) is 30.2 Å². The van der Waals surface area contributed by atoms with Gasteiger partial charge in [0.05, 0.1) is 0 Å². The van der Waals surface area contributed by atoms with Crippen LogP contribution in [0.15, 0.2) is 72.8 Å². The molecule has 2 aliphatic heterocycles. The Balaban J connectivity index is 1.24. The number of likely N-dealkylation sites (tertiary alicyclic amines) is 1. The van der Waals surface area contributed by atoms with Crippen molar-refractivity contribution in [2.75, 3.05) is 36.5 Å². The molecule has 0 radical (unpaired) electrons. The molecule has 1 N–H and O–H groups in total. The molecule has 33 heavy (non-hydrogen) atoms. The third-order valence-electron chi connectivity index (χ3n) is 6.41. The summed E-state index contributed by atoms with van der Waals surface area (Å²) in [5.41, 5.74) is 3.54. The van der Waals surface area contributed by atoms with Gasteiger partial charge in [-0.3, -0.25) is 10.2 Å². The highest BCUT2D eigenvalue weighted by molar-refractivity contribution is 5.84. The summed E-state index contributed by atoms with van der Waals surface area (Å²) in [5, 5.41) is 2.71. The Hall–Kier alpha value is -3.45. The maximum atomic E-state index is 14.1. The molecule has 0 saturated carbocycles. The summed E-state index contributed by atoms with van der Waals surface area (Å²) in [5.74, 6) is -0.418. The van der Waals surface area contributed by atoms with Crippen LogP contribution in [0.4, 0.5) is 30.6 Å². The number of para-hydroxylation sites is 1. The van der Waals surface area contributed by atoms with Crippen molar-refractivity contribution >= 4 is 23.2 Å². The van der Waals surface area contributed by atoms with Gasteiger partial charge in [-0.2, -0.15) is 0 Å². The maximum Gasteiger partial charge on any atom is 0.411 e. The molecule has 0 aromatic heterocycles. The molecule has 3 aromatic carbocycles. The Morgan fingerprint density at radius 3 is 2.55 bits per heavy atom. The number of benzene rings is 3. The lowest BCUT2D eigenvalue weighted by atomic mass is 9.89. The van der Waals surface area contributed by atoms with Gasteiger partial charge in [0.2, 0.25) is 0 Å². The summed E-state index contributed by atoms with van der Waals surface area (Å²) >= 11 is 0.